The van der Waals surface area contributed by atoms with Gasteiger partial charge in [0.2, 0.25) is 5.91 Å². The molecule has 1 heterocycles. The molecule has 2 aromatic rings. The molecule has 0 aliphatic heterocycles. The van der Waals surface area contributed by atoms with Gasteiger partial charge in [-0.3, -0.25) is 4.79 Å². The largest absolute Gasteiger partial charge is 0.326 e. The SMILES string of the molecule is Cc1ccc(F)cc1NC(=O)CCc1ccsc1. The van der Waals surface area contributed by atoms with Gasteiger partial charge in [-0.25, -0.2) is 4.39 Å². The maximum Gasteiger partial charge on any atom is 0.224 e. The molecule has 1 N–H and O–H groups in total. The van der Waals surface area contributed by atoms with Crippen LogP contribution < -0.4 is 5.32 Å². The van der Waals surface area contributed by atoms with E-state index in [1.807, 2.05) is 23.8 Å². The van der Waals surface area contributed by atoms with E-state index >= 15 is 0 Å². The van der Waals surface area contributed by atoms with Gasteiger partial charge in [-0.15, -0.1) is 0 Å². The van der Waals surface area contributed by atoms with E-state index in [2.05, 4.69) is 5.32 Å². The Morgan fingerprint density at radius 3 is 2.94 bits per heavy atom. The number of thiophene rings is 1. The van der Waals surface area contributed by atoms with Crippen molar-refractivity contribution in [1.29, 1.82) is 0 Å². The molecule has 1 aromatic carbocycles. The number of carbonyl (C=O) groups excluding carboxylic acids is 1. The topological polar surface area (TPSA) is 29.1 Å². The minimum absolute atomic E-state index is 0.0881. The smallest absolute Gasteiger partial charge is 0.224 e. The van der Waals surface area contributed by atoms with Gasteiger partial charge in [0.15, 0.2) is 0 Å². The van der Waals surface area contributed by atoms with Crippen LogP contribution in [0.2, 0.25) is 0 Å². The number of hydrogen-bond donors (Lipinski definition) is 1. The minimum Gasteiger partial charge on any atom is -0.326 e. The molecule has 0 aliphatic rings. The van der Waals surface area contributed by atoms with Crippen molar-refractivity contribution in [2.45, 2.75) is 19.8 Å². The third-order valence-electron chi connectivity index (χ3n) is 2.69. The lowest BCUT2D eigenvalue weighted by Crippen LogP contribution is -2.13. The standard InChI is InChI=1S/C14H14FNOS/c1-10-2-4-12(15)8-13(10)16-14(17)5-3-11-6-7-18-9-11/h2,4,6-9H,3,5H2,1H3,(H,16,17). The highest BCUT2D eigenvalue weighted by molar-refractivity contribution is 7.07. The zero-order valence-electron chi connectivity index (χ0n) is 10.1. The fourth-order valence-corrected chi connectivity index (χ4v) is 2.34. The van der Waals surface area contributed by atoms with Gasteiger partial charge in [-0.2, -0.15) is 11.3 Å². The molecule has 2 rings (SSSR count). The first-order valence-corrected chi connectivity index (χ1v) is 6.66. The molecule has 0 unspecified atom stereocenters. The maximum atomic E-state index is 13.1. The summed E-state index contributed by atoms with van der Waals surface area (Å²) in [5, 5.41) is 6.76. The highest BCUT2D eigenvalue weighted by atomic mass is 32.1. The molecule has 18 heavy (non-hydrogen) atoms. The van der Waals surface area contributed by atoms with Crippen molar-refractivity contribution in [2.24, 2.45) is 0 Å². The van der Waals surface area contributed by atoms with Crippen molar-refractivity contribution in [3.8, 4) is 0 Å². The van der Waals surface area contributed by atoms with Gasteiger partial charge in [0.1, 0.15) is 5.82 Å². The third-order valence-corrected chi connectivity index (χ3v) is 3.43. The number of halogens is 1. The van der Waals surface area contributed by atoms with E-state index in [9.17, 15) is 9.18 Å². The molecule has 0 atom stereocenters. The molecular weight excluding hydrogens is 249 g/mol. The second-order valence-corrected chi connectivity index (χ2v) is 4.92. The van der Waals surface area contributed by atoms with Crippen LogP contribution in [0.5, 0.6) is 0 Å². The van der Waals surface area contributed by atoms with Gasteiger partial charge in [0.05, 0.1) is 0 Å². The molecule has 0 saturated heterocycles. The van der Waals surface area contributed by atoms with Gasteiger partial charge in [0.25, 0.3) is 0 Å². The summed E-state index contributed by atoms with van der Waals surface area (Å²) in [6, 6.07) is 6.39. The van der Waals surface area contributed by atoms with Crippen molar-refractivity contribution >= 4 is 22.9 Å². The van der Waals surface area contributed by atoms with Crippen LogP contribution in [-0.4, -0.2) is 5.91 Å². The second-order valence-electron chi connectivity index (χ2n) is 4.14. The van der Waals surface area contributed by atoms with E-state index in [1.165, 1.54) is 12.1 Å². The molecule has 0 bridgehead atoms. The summed E-state index contributed by atoms with van der Waals surface area (Å²) < 4.78 is 13.1. The van der Waals surface area contributed by atoms with E-state index in [4.69, 9.17) is 0 Å². The highest BCUT2D eigenvalue weighted by Crippen LogP contribution is 2.16. The molecule has 1 amide bonds. The van der Waals surface area contributed by atoms with Crippen LogP contribution in [0.25, 0.3) is 0 Å². The average molecular weight is 263 g/mol. The summed E-state index contributed by atoms with van der Waals surface area (Å²) in [5.41, 5.74) is 2.57. The van der Waals surface area contributed by atoms with Crippen LogP contribution in [-0.2, 0) is 11.2 Å². The monoisotopic (exact) mass is 263 g/mol. The third kappa shape index (κ3) is 3.40. The number of hydrogen-bond acceptors (Lipinski definition) is 2. The summed E-state index contributed by atoms with van der Waals surface area (Å²) in [6.45, 7) is 1.84. The van der Waals surface area contributed by atoms with Crippen molar-refractivity contribution in [1.82, 2.24) is 0 Å². The van der Waals surface area contributed by atoms with E-state index < -0.39 is 0 Å². The molecule has 94 valence electrons. The Bertz CT molecular complexity index is 537. The Hall–Kier alpha value is -1.68. The molecule has 1 aromatic heterocycles. The van der Waals surface area contributed by atoms with Gasteiger partial charge in [0, 0.05) is 12.1 Å². The lowest BCUT2D eigenvalue weighted by molar-refractivity contribution is -0.116. The average Bonchev–Trinajstić information content (AvgIpc) is 2.84. The quantitative estimate of drug-likeness (QED) is 0.894. The zero-order valence-corrected chi connectivity index (χ0v) is 10.9. The Morgan fingerprint density at radius 1 is 1.39 bits per heavy atom. The highest BCUT2D eigenvalue weighted by Gasteiger charge is 2.06. The summed E-state index contributed by atoms with van der Waals surface area (Å²) in [7, 11) is 0. The van der Waals surface area contributed by atoms with Crippen LogP contribution in [0.1, 0.15) is 17.5 Å². The number of carbonyl (C=O) groups is 1. The summed E-state index contributed by atoms with van der Waals surface area (Å²) >= 11 is 1.62. The number of nitrogens with one attached hydrogen (secondary N) is 1. The minimum atomic E-state index is -0.339. The predicted molar refractivity (Wildman–Crippen MR) is 72.4 cm³/mol. The molecule has 0 spiro atoms. The van der Waals surface area contributed by atoms with Crippen molar-refractivity contribution in [2.75, 3.05) is 5.32 Å². The normalized spacial score (nSPS) is 10.3. The van der Waals surface area contributed by atoms with E-state index in [0.29, 0.717) is 18.5 Å². The van der Waals surface area contributed by atoms with Crippen molar-refractivity contribution in [3.63, 3.8) is 0 Å². The van der Waals surface area contributed by atoms with Crippen molar-refractivity contribution < 1.29 is 9.18 Å². The molecule has 0 radical (unpaired) electrons. The Morgan fingerprint density at radius 2 is 2.22 bits per heavy atom. The zero-order chi connectivity index (χ0) is 13.0. The number of benzene rings is 1. The Kier molecular flexibility index (Phi) is 4.10. The van der Waals surface area contributed by atoms with Crippen LogP contribution in [0.3, 0.4) is 0 Å². The van der Waals surface area contributed by atoms with Crippen LogP contribution >= 0.6 is 11.3 Å². The summed E-state index contributed by atoms with van der Waals surface area (Å²) in [6.07, 6.45) is 1.12. The maximum absolute atomic E-state index is 13.1. The first kappa shape index (κ1) is 12.8. The molecule has 0 saturated carbocycles. The van der Waals surface area contributed by atoms with E-state index in [1.54, 1.807) is 17.4 Å². The summed E-state index contributed by atoms with van der Waals surface area (Å²) in [4.78, 5) is 11.7. The molecular formula is C14H14FNOS. The Labute approximate surface area is 109 Å². The first-order valence-electron chi connectivity index (χ1n) is 5.72. The number of amides is 1. The van der Waals surface area contributed by atoms with Gasteiger partial charge < -0.3 is 5.32 Å². The molecule has 4 heteroatoms. The number of rotatable bonds is 4. The van der Waals surface area contributed by atoms with E-state index in [-0.39, 0.29) is 11.7 Å². The fraction of sp³-hybridized carbons (Fsp3) is 0.214. The van der Waals surface area contributed by atoms with E-state index in [0.717, 1.165) is 11.1 Å². The van der Waals surface area contributed by atoms with Crippen LogP contribution in [0.4, 0.5) is 10.1 Å². The van der Waals surface area contributed by atoms with Crippen molar-refractivity contribution in [3.05, 3.63) is 52.0 Å². The fourth-order valence-electron chi connectivity index (χ4n) is 1.63. The van der Waals surface area contributed by atoms with Gasteiger partial charge in [-0.05, 0) is 53.4 Å². The van der Waals surface area contributed by atoms with Gasteiger partial charge >= 0.3 is 0 Å². The number of anilines is 1. The first-order chi connectivity index (χ1) is 8.65. The lowest BCUT2D eigenvalue weighted by Gasteiger charge is -2.08. The summed E-state index contributed by atoms with van der Waals surface area (Å²) in [5.74, 6) is -0.427. The Balaban J connectivity index is 1.92. The van der Waals surface area contributed by atoms with Crippen LogP contribution in [0.15, 0.2) is 35.0 Å². The van der Waals surface area contributed by atoms with Crippen LogP contribution in [0, 0.1) is 12.7 Å². The number of aryl methyl sites for hydroxylation is 2. The molecule has 2 nitrogen and oxygen atoms in total. The van der Waals surface area contributed by atoms with Gasteiger partial charge in [-0.1, -0.05) is 6.07 Å². The lowest BCUT2D eigenvalue weighted by atomic mass is 10.1. The molecule has 0 fully saturated rings. The second kappa shape index (κ2) is 5.78. The predicted octanol–water partition coefficient (Wildman–Crippen LogP) is 3.77. The molecule has 0 aliphatic carbocycles.